The fraction of sp³-hybridized carbons (Fsp3) is 0.533. The molecule has 0 bridgehead atoms. The Bertz CT molecular complexity index is 597. The Morgan fingerprint density at radius 2 is 2.24 bits per heavy atom. The van der Waals surface area contributed by atoms with E-state index in [0.29, 0.717) is 11.8 Å². The second-order valence-electron chi connectivity index (χ2n) is 5.34. The van der Waals surface area contributed by atoms with Crippen molar-refractivity contribution in [2.45, 2.75) is 32.1 Å². The van der Waals surface area contributed by atoms with E-state index in [-0.39, 0.29) is 0 Å². The molecule has 0 amide bonds. The first kappa shape index (κ1) is 13.9. The maximum absolute atomic E-state index is 5.33. The van der Waals surface area contributed by atoms with Crippen LogP contribution in [0.25, 0.3) is 0 Å². The smallest absolute Gasteiger partial charge is 0.257 e. The third-order valence-corrected chi connectivity index (χ3v) is 4.10. The maximum Gasteiger partial charge on any atom is 0.257 e. The minimum atomic E-state index is 0.461. The molecule has 6 nitrogen and oxygen atoms in total. The van der Waals surface area contributed by atoms with Crippen molar-refractivity contribution in [2.75, 3.05) is 25.1 Å². The van der Waals surface area contributed by atoms with Gasteiger partial charge in [-0.25, -0.2) is 9.97 Å². The topological polar surface area (TPSA) is 66.9 Å². The van der Waals surface area contributed by atoms with Gasteiger partial charge in [0, 0.05) is 37.1 Å². The summed E-state index contributed by atoms with van der Waals surface area (Å²) in [5, 5.41) is 7.39. The molecule has 6 heteroatoms. The van der Waals surface area contributed by atoms with Gasteiger partial charge in [0.1, 0.15) is 0 Å². The zero-order valence-corrected chi connectivity index (χ0v) is 12.5. The fourth-order valence-electron chi connectivity index (χ4n) is 3.04. The summed E-state index contributed by atoms with van der Waals surface area (Å²) >= 11 is 0. The SMILES string of the molecule is CCc1cn[nH]c1[C@H]1CCCN(c2nccnc2OC)C1. The van der Waals surface area contributed by atoms with Crippen LogP contribution in [0.3, 0.4) is 0 Å². The summed E-state index contributed by atoms with van der Waals surface area (Å²) in [6, 6.07) is 0. The number of nitrogens with one attached hydrogen (secondary N) is 1. The van der Waals surface area contributed by atoms with Gasteiger partial charge in [0.25, 0.3) is 5.88 Å². The molecule has 0 radical (unpaired) electrons. The predicted octanol–water partition coefficient (Wildman–Crippen LogP) is 2.15. The summed E-state index contributed by atoms with van der Waals surface area (Å²) < 4.78 is 5.33. The first-order valence-electron chi connectivity index (χ1n) is 7.45. The lowest BCUT2D eigenvalue weighted by atomic mass is 9.92. The van der Waals surface area contributed by atoms with E-state index in [1.807, 2.05) is 6.20 Å². The number of piperidine rings is 1. The molecular formula is C15H21N5O. The number of rotatable bonds is 4. The lowest BCUT2D eigenvalue weighted by Gasteiger charge is -2.33. The molecule has 1 atom stereocenters. The standard InChI is InChI=1S/C15H21N5O/c1-3-11-9-18-19-13(11)12-5-4-8-20(10-12)14-15(21-2)17-7-6-16-14/h6-7,9,12H,3-5,8,10H2,1-2H3,(H,18,19)/t12-/m0/s1. The molecule has 1 fully saturated rings. The van der Waals surface area contributed by atoms with Crippen molar-refractivity contribution in [1.82, 2.24) is 20.2 Å². The zero-order valence-electron chi connectivity index (χ0n) is 12.5. The van der Waals surface area contributed by atoms with Crippen LogP contribution < -0.4 is 9.64 Å². The van der Waals surface area contributed by atoms with Crippen LogP contribution in [0.1, 0.15) is 36.9 Å². The highest BCUT2D eigenvalue weighted by molar-refractivity contribution is 5.48. The maximum atomic E-state index is 5.33. The number of H-pyrrole nitrogens is 1. The average Bonchev–Trinajstić information content (AvgIpc) is 3.03. The summed E-state index contributed by atoms with van der Waals surface area (Å²) in [5.74, 6) is 1.89. The van der Waals surface area contributed by atoms with Crippen molar-refractivity contribution in [3.05, 3.63) is 29.8 Å². The van der Waals surface area contributed by atoms with Gasteiger partial charge in [-0.3, -0.25) is 5.10 Å². The van der Waals surface area contributed by atoms with E-state index in [0.717, 1.165) is 31.7 Å². The Labute approximate surface area is 124 Å². The Morgan fingerprint density at radius 1 is 1.38 bits per heavy atom. The molecule has 1 aliphatic rings. The van der Waals surface area contributed by atoms with Crippen LogP contribution in [0.5, 0.6) is 5.88 Å². The lowest BCUT2D eigenvalue weighted by molar-refractivity contribution is 0.391. The van der Waals surface area contributed by atoms with E-state index in [9.17, 15) is 0 Å². The predicted molar refractivity (Wildman–Crippen MR) is 80.7 cm³/mol. The van der Waals surface area contributed by atoms with Gasteiger partial charge < -0.3 is 9.64 Å². The number of nitrogens with zero attached hydrogens (tertiary/aromatic N) is 4. The molecule has 0 unspecified atom stereocenters. The Hall–Kier alpha value is -2.11. The average molecular weight is 287 g/mol. The second-order valence-corrected chi connectivity index (χ2v) is 5.34. The van der Waals surface area contributed by atoms with Gasteiger partial charge in [0.15, 0.2) is 5.82 Å². The number of aromatic nitrogens is 4. The number of anilines is 1. The highest BCUT2D eigenvalue weighted by Gasteiger charge is 2.26. The molecule has 0 saturated carbocycles. The highest BCUT2D eigenvalue weighted by atomic mass is 16.5. The van der Waals surface area contributed by atoms with E-state index in [1.165, 1.54) is 17.7 Å². The van der Waals surface area contributed by atoms with Crippen LogP contribution in [-0.2, 0) is 6.42 Å². The molecule has 1 aliphatic heterocycles. The molecule has 3 heterocycles. The second kappa shape index (κ2) is 6.11. The van der Waals surface area contributed by atoms with Crippen molar-refractivity contribution < 1.29 is 4.74 Å². The Morgan fingerprint density at radius 3 is 3.05 bits per heavy atom. The van der Waals surface area contributed by atoms with Gasteiger partial charge in [0.2, 0.25) is 0 Å². The molecule has 112 valence electrons. The number of hydrogen-bond donors (Lipinski definition) is 1. The van der Waals surface area contributed by atoms with Gasteiger partial charge in [0.05, 0.1) is 13.3 Å². The van der Waals surface area contributed by atoms with Gasteiger partial charge in [-0.1, -0.05) is 6.92 Å². The number of hydrogen-bond acceptors (Lipinski definition) is 5. The summed E-state index contributed by atoms with van der Waals surface area (Å²) in [6.45, 7) is 4.08. The number of methoxy groups -OCH3 is 1. The van der Waals surface area contributed by atoms with Gasteiger partial charge in [-0.05, 0) is 24.8 Å². The molecule has 3 rings (SSSR count). The van der Waals surface area contributed by atoms with E-state index in [2.05, 4.69) is 32.0 Å². The van der Waals surface area contributed by atoms with E-state index in [1.54, 1.807) is 19.5 Å². The first-order chi connectivity index (χ1) is 10.3. The van der Waals surface area contributed by atoms with E-state index in [4.69, 9.17) is 4.74 Å². The van der Waals surface area contributed by atoms with Crippen LogP contribution in [0.2, 0.25) is 0 Å². The van der Waals surface area contributed by atoms with Gasteiger partial charge in [-0.15, -0.1) is 0 Å². The van der Waals surface area contributed by atoms with E-state index >= 15 is 0 Å². The zero-order chi connectivity index (χ0) is 14.7. The van der Waals surface area contributed by atoms with Gasteiger partial charge in [-0.2, -0.15) is 5.10 Å². The molecular weight excluding hydrogens is 266 g/mol. The monoisotopic (exact) mass is 287 g/mol. The number of aromatic amines is 1. The normalized spacial score (nSPS) is 18.8. The van der Waals surface area contributed by atoms with Crippen molar-refractivity contribution in [3.8, 4) is 5.88 Å². The summed E-state index contributed by atoms with van der Waals surface area (Å²) in [4.78, 5) is 11.0. The van der Waals surface area contributed by atoms with Crippen LogP contribution in [-0.4, -0.2) is 40.4 Å². The van der Waals surface area contributed by atoms with Crippen LogP contribution in [0, 0.1) is 0 Å². The van der Waals surface area contributed by atoms with E-state index < -0.39 is 0 Å². The molecule has 0 aromatic carbocycles. The minimum Gasteiger partial charge on any atom is -0.478 e. The number of ether oxygens (including phenoxy) is 1. The third kappa shape index (κ3) is 2.70. The summed E-state index contributed by atoms with van der Waals surface area (Å²) in [5.41, 5.74) is 2.58. The minimum absolute atomic E-state index is 0.461. The summed E-state index contributed by atoms with van der Waals surface area (Å²) in [6.07, 6.45) is 8.64. The third-order valence-electron chi connectivity index (χ3n) is 4.10. The molecule has 1 saturated heterocycles. The molecule has 2 aromatic heterocycles. The van der Waals surface area contributed by atoms with Crippen molar-refractivity contribution >= 4 is 5.82 Å². The molecule has 0 spiro atoms. The number of aryl methyl sites for hydroxylation is 1. The van der Waals surface area contributed by atoms with Crippen LogP contribution in [0.4, 0.5) is 5.82 Å². The molecule has 21 heavy (non-hydrogen) atoms. The Kier molecular flexibility index (Phi) is 4.03. The van der Waals surface area contributed by atoms with Crippen LogP contribution >= 0.6 is 0 Å². The fourth-order valence-corrected chi connectivity index (χ4v) is 3.04. The van der Waals surface area contributed by atoms with Crippen LogP contribution in [0.15, 0.2) is 18.6 Å². The summed E-state index contributed by atoms with van der Waals surface area (Å²) in [7, 11) is 1.64. The molecule has 0 aliphatic carbocycles. The molecule has 2 aromatic rings. The van der Waals surface area contributed by atoms with Crippen molar-refractivity contribution in [2.24, 2.45) is 0 Å². The largest absolute Gasteiger partial charge is 0.478 e. The molecule has 1 N–H and O–H groups in total. The van der Waals surface area contributed by atoms with Gasteiger partial charge >= 0.3 is 0 Å². The van der Waals surface area contributed by atoms with Crippen molar-refractivity contribution in [3.63, 3.8) is 0 Å². The highest BCUT2D eigenvalue weighted by Crippen LogP contribution is 2.32. The first-order valence-corrected chi connectivity index (χ1v) is 7.45. The lowest BCUT2D eigenvalue weighted by Crippen LogP contribution is -2.35. The Balaban J connectivity index is 1.83. The van der Waals surface area contributed by atoms with Crippen molar-refractivity contribution in [1.29, 1.82) is 0 Å². The quantitative estimate of drug-likeness (QED) is 0.933.